The number of carbonyl (C=O) groups excluding carboxylic acids is 2. The number of benzene rings is 1. The lowest BCUT2D eigenvalue weighted by Gasteiger charge is -2.32. The molecule has 1 aromatic carbocycles. The molecule has 6 N–H and O–H groups in total. The third-order valence-corrected chi connectivity index (χ3v) is 5.35. The van der Waals surface area contributed by atoms with Crippen LogP contribution in [-0.2, 0) is 24.0 Å². The molecular weight excluding hydrogens is 509 g/mol. The van der Waals surface area contributed by atoms with Crippen LogP contribution in [0.15, 0.2) is 24.3 Å². The van der Waals surface area contributed by atoms with E-state index in [2.05, 4.69) is 5.32 Å². The van der Waals surface area contributed by atoms with Crippen LogP contribution in [0.25, 0.3) is 0 Å². The number of ether oxygens (including phenoxy) is 2. The van der Waals surface area contributed by atoms with Crippen molar-refractivity contribution in [2.24, 2.45) is 17.6 Å². The van der Waals surface area contributed by atoms with Crippen LogP contribution >= 0.6 is 0 Å². The zero-order valence-electron chi connectivity index (χ0n) is 19.6. The monoisotopic (exact) mass is 536 g/mol. The van der Waals surface area contributed by atoms with Crippen LogP contribution in [0.2, 0.25) is 0 Å². The Morgan fingerprint density at radius 3 is 1.89 bits per heavy atom. The lowest BCUT2D eigenvalue weighted by Crippen LogP contribution is -2.64. The number of para-hydroxylation sites is 2. The average molecular weight is 536 g/mol. The van der Waals surface area contributed by atoms with Gasteiger partial charge in [0.25, 0.3) is 0 Å². The lowest BCUT2D eigenvalue weighted by atomic mass is 9.81. The number of alkyl halides is 3. The van der Waals surface area contributed by atoms with E-state index in [1.165, 1.54) is 24.3 Å². The molecule has 15 heteroatoms. The molecule has 0 heterocycles. The first-order chi connectivity index (χ1) is 17.1. The van der Waals surface area contributed by atoms with E-state index in [0.717, 1.165) is 19.8 Å². The molecule has 0 spiro atoms. The molecule has 2 rings (SSSR count). The van der Waals surface area contributed by atoms with Gasteiger partial charge in [0.2, 0.25) is 11.7 Å². The van der Waals surface area contributed by atoms with E-state index in [1.807, 2.05) is 0 Å². The Hall–Kier alpha value is -3.88. The van der Waals surface area contributed by atoms with Crippen LogP contribution < -0.4 is 20.5 Å². The number of aliphatic carboxylic acids is 3. The second-order valence-corrected chi connectivity index (χ2v) is 8.02. The van der Waals surface area contributed by atoms with E-state index in [0.29, 0.717) is 25.3 Å². The van der Waals surface area contributed by atoms with Crippen molar-refractivity contribution in [2.45, 2.75) is 44.5 Å². The van der Waals surface area contributed by atoms with Crippen LogP contribution in [0.4, 0.5) is 13.2 Å². The molecule has 1 aromatic rings. The van der Waals surface area contributed by atoms with Crippen molar-refractivity contribution >= 4 is 29.6 Å². The Labute approximate surface area is 208 Å². The normalized spacial score (nSPS) is 18.7. The minimum atomic E-state index is -5.08. The largest absolute Gasteiger partial charge is 0.490 e. The van der Waals surface area contributed by atoms with Crippen molar-refractivity contribution in [1.29, 1.82) is 0 Å². The Balaban J connectivity index is 0.000000856. The number of hydrogen-bond acceptors (Lipinski definition) is 8. The summed E-state index contributed by atoms with van der Waals surface area (Å²) in [5, 5.41) is 28.0. The summed E-state index contributed by atoms with van der Waals surface area (Å²) in [5.74, 6) is -7.68. The molecule has 0 aromatic heterocycles. The molecule has 1 fully saturated rings. The van der Waals surface area contributed by atoms with Crippen LogP contribution in [-0.4, -0.2) is 70.0 Å². The molecule has 1 amide bonds. The highest BCUT2D eigenvalue weighted by molar-refractivity contribution is 6.08. The number of halogens is 3. The zero-order valence-corrected chi connectivity index (χ0v) is 19.6. The van der Waals surface area contributed by atoms with Gasteiger partial charge in [0.1, 0.15) is 0 Å². The van der Waals surface area contributed by atoms with Crippen molar-refractivity contribution < 1.29 is 61.9 Å². The Bertz CT molecular complexity index is 977. The molecule has 37 heavy (non-hydrogen) atoms. The molecule has 206 valence electrons. The number of ketones is 1. The Kier molecular flexibility index (Phi) is 11.3. The highest BCUT2D eigenvalue weighted by Gasteiger charge is 2.50. The summed E-state index contributed by atoms with van der Waals surface area (Å²) in [6.07, 6.45) is -2.55. The number of nitrogens with two attached hydrogens (primary N) is 1. The number of carbonyl (C=O) groups is 5. The lowest BCUT2D eigenvalue weighted by molar-refractivity contribution is -0.192. The summed E-state index contributed by atoms with van der Waals surface area (Å²) in [4.78, 5) is 56.8. The summed E-state index contributed by atoms with van der Waals surface area (Å²) >= 11 is 0. The summed E-state index contributed by atoms with van der Waals surface area (Å²) in [6, 6.07) is 5.69. The first-order valence-electron chi connectivity index (χ1n) is 10.8. The molecule has 1 aliphatic carbocycles. The summed E-state index contributed by atoms with van der Waals surface area (Å²) < 4.78 is 42.3. The quantitative estimate of drug-likeness (QED) is 0.214. The van der Waals surface area contributed by atoms with E-state index in [1.54, 1.807) is 0 Å². The first kappa shape index (κ1) is 31.2. The predicted octanol–water partition coefficient (Wildman–Crippen LogP) is 1.41. The van der Waals surface area contributed by atoms with E-state index in [9.17, 15) is 37.5 Å². The third kappa shape index (κ3) is 9.25. The van der Waals surface area contributed by atoms with Crippen molar-refractivity contribution in [3.05, 3.63) is 24.3 Å². The van der Waals surface area contributed by atoms with E-state index in [-0.39, 0.29) is 11.5 Å². The second kappa shape index (κ2) is 13.4. The zero-order chi connectivity index (χ0) is 28.4. The molecular formula is C22H27F3N2O10. The number of carboxylic acid groups (broad SMARTS) is 3. The Morgan fingerprint density at radius 2 is 1.49 bits per heavy atom. The molecule has 0 radical (unpaired) electrons. The second-order valence-electron chi connectivity index (χ2n) is 8.02. The molecule has 1 unspecified atom stereocenters. The molecule has 0 bridgehead atoms. The molecule has 12 nitrogen and oxygen atoms in total. The molecule has 1 aliphatic rings. The van der Waals surface area contributed by atoms with Crippen molar-refractivity contribution in [2.75, 3.05) is 13.2 Å². The maximum atomic E-state index is 12.8. The first-order valence-corrected chi connectivity index (χ1v) is 10.8. The summed E-state index contributed by atoms with van der Waals surface area (Å²) in [5.41, 5.74) is 2.98. The average Bonchev–Trinajstić information content (AvgIpc) is 2.82. The van der Waals surface area contributed by atoms with E-state index >= 15 is 0 Å². The van der Waals surface area contributed by atoms with Gasteiger partial charge in [-0.2, -0.15) is 13.2 Å². The third-order valence-electron chi connectivity index (χ3n) is 5.35. The van der Waals surface area contributed by atoms with Gasteiger partial charge in [-0.3, -0.25) is 9.59 Å². The van der Waals surface area contributed by atoms with Crippen LogP contribution in [0.3, 0.4) is 0 Å². The maximum absolute atomic E-state index is 12.8. The highest BCUT2D eigenvalue weighted by Crippen LogP contribution is 2.32. The van der Waals surface area contributed by atoms with Crippen molar-refractivity contribution in [1.82, 2.24) is 5.32 Å². The molecule has 1 saturated carbocycles. The number of rotatable bonds is 10. The maximum Gasteiger partial charge on any atom is 0.490 e. The smallest absolute Gasteiger partial charge is 0.479 e. The summed E-state index contributed by atoms with van der Waals surface area (Å²) in [7, 11) is 0. The molecule has 0 aliphatic heterocycles. The fourth-order valence-corrected chi connectivity index (χ4v) is 3.33. The van der Waals surface area contributed by atoms with Gasteiger partial charge in [0, 0.05) is 12.8 Å². The standard InChI is InChI=1S/C20H26N2O8.C2HF3O2/c1-12(23)20(19(27)28,22-18(26)14-8-6-13(10-21)7-9-14)30-16-5-3-2-4-15(16)29-11-17(24)25;3-2(4,5)1(6)7/h2-5,13-14H,6-11,21H2,1H3,(H,22,26)(H,24,25)(H,27,28);(H,6,7). The van der Waals surface area contributed by atoms with Crippen LogP contribution in [0.1, 0.15) is 32.6 Å². The number of carboxylic acids is 3. The van der Waals surface area contributed by atoms with Gasteiger partial charge in [0.05, 0.1) is 0 Å². The fourth-order valence-electron chi connectivity index (χ4n) is 3.33. The van der Waals surface area contributed by atoms with Crippen molar-refractivity contribution in [3.8, 4) is 11.5 Å². The van der Waals surface area contributed by atoms with Crippen LogP contribution in [0.5, 0.6) is 11.5 Å². The topological polar surface area (TPSA) is 203 Å². The number of hydrogen-bond donors (Lipinski definition) is 5. The van der Waals surface area contributed by atoms with E-state index in [4.69, 9.17) is 30.2 Å². The van der Waals surface area contributed by atoms with Crippen LogP contribution in [0, 0.1) is 11.8 Å². The van der Waals surface area contributed by atoms with Gasteiger partial charge in [-0.15, -0.1) is 0 Å². The number of Topliss-reactive ketones (excluding diaryl/α,β-unsaturated/α-hetero) is 1. The number of amides is 1. The predicted molar refractivity (Wildman–Crippen MR) is 118 cm³/mol. The molecule has 1 atom stereocenters. The van der Waals surface area contributed by atoms with Gasteiger partial charge in [-0.25, -0.2) is 14.4 Å². The highest BCUT2D eigenvalue weighted by atomic mass is 19.4. The molecule has 0 saturated heterocycles. The van der Waals surface area contributed by atoms with Crippen molar-refractivity contribution in [3.63, 3.8) is 0 Å². The van der Waals surface area contributed by atoms with Gasteiger partial charge in [-0.05, 0) is 50.3 Å². The van der Waals surface area contributed by atoms with Gasteiger partial charge in [0.15, 0.2) is 18.1 Å². The Morgan fingerprint density at radius 1 is 0.973 bits per heavy atom. The fraction of sp³-hybridized carbons (Fsp3) is 0.500. The van der Waals surface area contributed by atoms with Gasteiger partial charge < -0.3 is 35.8 Å². The minimum Gasteiger partial charge on any atom is -0.479 e. The summed E-state index contributed by atoms with van der Waals surface area (Å²) in [6.45, 7) is 0.814. The number of nitrogens with one attached hydrogen (secondary N) is 1. The SMILES string of the molecule is CC(=O)C(NC(=O)C1CCC(CN)CC1)(Oc1ccccc1OCC(=O)O)C(=O)O.O=C(O)C(F)(F)F. The van der Waals surface area contributed by atoms with Gasteiger partial charge >= 0.3 is 29.8 Å². The van der Waals surface area contributed by atoms with E-state index < -0.39 is 54.0 Å². The minimum absolute atomic E-state index is 0.0792. The van der Waals surface area contributed by atoms with Gasteiger partial charge in [-0.1, -0.05) is 12.1 Å².